The quantitative estimate of drug-likeness (QED) is 0.422. The summed E-state index contributed by atoms with van der Waals surface area (Å²) >= 11 is 1.53. The molecule has 2 atom stereocenters. The molecule has 1 aliphatic heterocycles. The number of hydrogen-bond donors (Lipinski definition) is 0. The van der Waals surface area contributed by atoms with E-state index in [2.05, 4.69) is 12.1 Å². The zero-order chi connectivity index (χ0) is 24.9. The molecule has 1 amide bonds. The van der Waals surface area contributed by atoms with Crippen molar-refractivity contribution in [1.29, 1.82) is 0 Å². The first-order chi connectivity index (χ1) is 16.9. The van der Waals surface area contributed by atoms with Crippen molar-refractivity contribution >= 4 is 40.3 Å². The predicted molar refractivity (Wildman–Crippen MR) is 138 cm³/mol. The van der Waals surface area contributed by atoms with Gasteiger partial charge in [-0.25, -0.2) is 4.79 Å². The van der Waals surface area contributed by atoms with E-state index in [9.17, 15) is 9.59 Å². The molecule has 3 aromatic rings. The van der Waals surface area contributed by atoms with Crippen molar-refractivity contribution in [2.45, 2.75) is 23.2 Å². The third-order valence-corrected chi connectivity index (χ3v) is 7.32. The van der Waals surface area contributed by atoms with Gasteiger partial charge in [-0.1, -0.05) is 42.5 Å². The minimum Gasteiger partial charge on any atom is -0.497 e. The summed E-state index contributed by atoms with van der Waals surface area (Å²) in [7, 11) is 5.53. The van der Waals surface area contributed by atoms with Crippen LogP contribution >= 0.6 is 11.8 Å². The molecule has 4 rings (SSSR count). The molecule has 0 aromatic heterocycles. The Morgan fingerprint density at radius 2 is 1.80 bits per heavy atom. The fraction of sp³-hybridized carbons (Fsp3) is 0.333. The molecular formula is C27H30N2O5S. The minimum atomic E-state index is -1.07. The van der Waals surface area contributed by atoms with Gasteiger partial charge in [-0.3, -0.25) is 4.79 Å². The van der Waals surface area contributed by atoms with E-state index in [-0.39, 0.29) is 12.5 Å². The highest BCUT2D eigenvalue weighted by Crippen LogP contribution is 2.49. The largest absolute Gasteiger partial charge is 0.509 e. The summed E-state index contributed by atoms with van der Waals surface area (Å²) in [5.41, 5.74) is 1.67. The fourth-order valence-electron chi connectivity index (χ4n) is 4.09. The topological polar surface area (TPSA) is 68.3 Å². The summed E-state index contributed by atoms with van der Waals surface area (Å²) < 4.78 is 16.1. The Labute approximate surface area is 209 Å². The number of nitrogens with zero attached hydrogens (tertiary/aromatic N) is 2. The average molecular weight is 495 g/mol. The van der Waals surface area contributed by atoms with Crippen LogP contribution in [0.5, 0.6) is 5.75 Å². The summed E-state index contributed by atoms with van der Waals surface area (Å²) in [4.78, 5) is 31.2. The van der Waals surface area contributed by atoms with Crippen molar-refractivity contribution in [3.8, 4) is 5.75 Å². The molecule has 0 fully saturated rings. The summed E-state index contributed by atoms with van der Waals surface area (Å²) in [6.07, 6.45) is -1.92. The number of carbonyl (C=O) groups is 2. The first-order valence-electron chi connectivity index (χ1n) is 11.5. The number of amides is 1. The Hall–Kier alpha value is -3.23. The van der Waals surface area contributed by atoms with Crippen LogP contribution in [0.4, 0.5) is 10.5 Å². The Morgan fingerprint density at radius 3 is 2.49 bits per heavy atom. The molecule has 0 N–H and O–H groups in total. The van der Waals surface area contributed by atoms with Crippen LogP contribution in [0.15, 0.2) is 65.6 Å². The van der Waals surface area contributed by atoms with E-state index in [1.165, 1.54) is 11.8 Å². The van der Waals surface area contributed by atoms with E-state index in [1.54, 1.807) is 18.9 Å². The van der Waals surface area contributed by atoms with Gasteiger partial charge in [-0.2, -0.15) is 0 Å². The second-order valence-corrected chi connectivity index (χ2v) is 9.61. The number of likely N-dealkylation sites (N-methyl/N-ethyl adjacent to an activating group) is 1. The summed E-state index contributed by atoms with van der Waals surface area (Å²) in [5, 5.41) is 1.65. The number of ether oxygens (including phenoxy) is 3. The number of carbonyl (C=O) groups excluding carboxylic acids is 2. The van der Waals surface area contributed by atoms with Crippen LogP contribution in [0.1, 0.15) is 17.7 Å². The molecule has 0 bridgehead atoms. The maximum atomic E-state index is 14.0. The van der Waals surface area contributed by atoms with E-state index in [0.717, 1.165) is 26.9 Å². The van der Waals surface area contributed by atoms with Gasteiger partial charge in [-0.05, 0) is 55.6 Å². The molecular weight excluding hydrogens is 464 g/mol. The van der Waals surface area contributed by atoms with Gasteiger partial charge in [0.2, 0.25) is 6.10 Å². The monoisotopic (exact) mass is 494 g/mol. The Balaban J connectivity index is 1.87. The molecule has 184 valence electrons. The van der Waals surface area contributed by atoms with Crippen LogP contribution in [0.2, 0.25) is 0 Å². The number of anilines is 1. The number of methoxy groups -OCH3 is 1. The van der Waals surface area contributed by atoms with Gasteiger partial charge < -0.3 is 24.0 Å². The van der Waals surface area contributed by atoms with Crippen LogP contribution in [0, 0.1) is 0 Å². The third-order valence-electron chi connectivity index (χ3n) is 5.88. The van der Waals surface area contributed by atoms with Gasteiger partial charge in [-0.15, -0.1) is 11.8 Å². The first kappa shape index (κ1) is 24.9. The summed E-state index contributed by atoms with van der Waals surface area (Å²) in [5.74, 6) is 0.433. The van der Waals surface area contributed by atoms with Crippen LogP contribution in [0.25, 0.3) is 10.8 Å². The van der Waals surface area contributed by atoms with E-state index < -0.39 is 17.5 Å². The van der Waals surface area contributed by atoms with Crippen molar-refractivity contribution in [3.05, 3.63) is 66.2 Å². The second kappa shape index (κ2) is 11.0. The first-order valence-corrected chi connectivity index (χ1v) is 12.4. The SMILES string of the molecule is CCOC(=O)O[C@H]1C(=O)N(CCN(C)C)c2ccc3ccccc3c2S[C@H]1c1ccc(OC)cc1. The minimum absolute atomic E-state index is 0.162. The maximum absolute atomic E-state index is 14.0. The van der Waals surface area contributed by atoms with E-state index >= 15 is 0 Å². The Kier molecular flexibility index (Phi) is 7.83. The molecule has 0 saturated heterocycles. The van der Waals surface area contributed by atoms with Crippen LogP contribution in [-0.4, -0.2) is 64.0 Å². The predicted octanol–water partition coefficient (Wildman–Crippen LogP) is 5.13. The van der Waals surface area contributed by atoms with E-state index in [1.807, 2.05) is 67.5 Å². The normalized spacial score (nSPS) is 17.7. The Bertz CT molecular complexity index is 1200. The smallest absolute Gasteiger partial charge is 0.497 e. The molecule has 0 spiro atoms. The fourth-order valence-corrected chi connectivity index (χ4v) is 5.55. The van der Waals surface area contributed by atoms with Crippen LogP contribution in [-0.2, 0) is 14.3 Å². The van der Waals surface area contributed by atoms with Crippen LogP contribution in [0.3, 0.4) is 0 Å². The molecule has 8 heteroatoms. The number of rotatable bonds is 7. The highest BCUT2D eigenvalue weighted by Gasteiger charge is 2.42. The number of benzene rings is 3. The van der Waals surface area contributed by atoms with Crippen molar-refractivity contribution in [2.24, 2.45) is 0 Å². The van der Waals surface area contributed by atoms with Crippen LogP contribution < -0.4 is 9.64 Å². The van der Waals surface area contributed by atoms with Crippen molar-refractivity contribution in [1.82, 2.24) is 4.90 Å². The summed E-state index contributed by atoms with van der Waals surface area (Å²) in [6, 6.07) is 19.6. The van der Waals surface area contributed by atoms with Crippen molar-refractivity contribution in [3.63, 3.8) is 0 Å². The highest BCUT2D eigenvalue weighted by atomic mass is 32.2. The number of thioether (sulfide) groups is 1. The molecule has 0 aliphatic carbocycles. The molecule has 1 heterocycles. The second-order valence-electron chi connectivity index (χ2n) is 8.46. The van der Waals surface area contributed by atoms with Crippen molar-refractivity contribution < 1.29 is 23.8 Å². The summed E-state index contributed by atoms with van der Waals surface area (Å²) in [6.45, 7) is 2.98. The lowest BCUT2D eigenvalue weighted by atomic mass is 10.0. The van der Waals surface area contributed by atoms with E-state index in [0.29, 0.717) is 18.8 Å². The van der Waals surface area contributed by atoms with Crippen molar-refractivity contribution in [2.75, 3.05) is 45.8 Å². The number of hydrogen-bond acceptors (Lipinski definition) is 7. The van der Waals surface area contributed by atoms with Gasteiger partial charge in [0.15, 0.2) is 0 Å². The highest BCUT2D eigenvalue weighted by molar-refractivity contribution is 8.00. The molecule has 0 unspecified atom stereocenters. The van der Waals surface area contributed by atoms with Gasteiger partial charge in [0.25, 0.3) is 5.91 Å². The molecule has 0 radical (unpaired) electrons. The molecule has 35 heavy (non-hydrogen) atoms. The molecule has 1 aliphatic rings. The molecule has 0 saturated carbocycles. The lowest BCUT2D eigenvalue weighted by molar-refractivity contribution is -0.128. The number of fused-ring (bicyclic) bond motifs is 3. The zero-order valence-corrected chi connectivity index (χ0v) is 21.2. The zero-order valence-electron chi connectivity index (χ0n) is 20.4. The lowest BCUT2D eigenvalue weighted by Crippen LogP contribution is -2.45. The van der Waals surface area contributed by atoms with Gasteiger partial charge >= 0.3 is 6.16 Å². The molecule has 7 nitrogen and oxygen atoms in total. The maximum Gasteiger partial charge on any atom is 0.509 e. The van der Waals surface area contributed by atoms with Gasteiger partial charge in [0.1, 0.15) is 5.75 Å². The average Bonchev–Trinajstić information content (AvgIpc) is 2.97. The van der Waals surface area contributed by atoms with Gasteiger partial charge in [0.05, 0.1) is 24.7 Å². The Morgan fingerprint density at radius 1 is 1.06 bits per heavy atom. The molecule has 3 aromatic carbocycles. The lowest BCUT2D eigenvalue weighted by Gasteiger charge is -2.28. The standard InChI is InChI=1S/C27H30N2O5S/c1-5-33-27(31)34-23-24(19-10-13-20(32-4)14-11-19)35-25-21-9-7-6-8-18(21)12-15-22(25)29(26(23)30)17-16-28(2)3/h6-15,23-24H,5,16-17H2,1-4H3/t23-,24+/m1/s1. The van der Waals surface area contributed by atoms with Gasteiger partial charge in [0, 0.05) is 18.0 Å². The third kappa shape index (κ3) is 5.39. The van der Waals surface area contributed by atoms with E-state index in [4.69, 9.17) is 14.2 Å².